The standard InChI is InChI=1S/C10H17N3OS/c1-8(2)12-3-5-13(6-4-12)10-11-9(14)7-15-10/h8H,3-7H2,1-2H3. The Balaban J connectivity index is 1.88. The smallest absolute Gasteiger partial charge is 0.258 e. The van der Waals surface area contributed by atoms with E-state index >= 15 is 0 Å². The zero-order chi connectivity index (χ0) is 10.8. The molecule has 0 N–H and O–H groups in total. The van der Waals surface area contributed by atoms with E-state index in [-0.39, 0.29) is 5.91 Å². The molecule has 1 amide bonds. The minimum atomic E-state index is 0.0151. The number of carbonyl (C=O) groups is 1. The molecule has 0 aromatic carbocycles. The van der Waals surface area contributed by atoms with Crippen molar-refractivity contribution >= 4 is 22.8 Å². The van der Waals surface area contributed by atoms with Gasteiger partial charge in [-0.25, -0.2) is 0 Å². The quantitative estimate of drug-likeness (QED) is 0.659. The third kappa shape index (κ3) is 2.52. The fourth-order valence-electron chi connectivity index (χ4n) is 1.89. The Morgan fingerprint density at radius 3 is 2.40 bits per heavy atom. The Morgan fingerprint density at radius 1 is 1.27 bits per heavy atom. The number of carbonyl (C=O) groups excluding carboxylic acids is 1. The van der Waals surface area contributed by atoms with Crippen molar-refractivity contribution in [2.75, 3.05) is 31.9 Å². The maximum Gasteiger partial charge on any atom is 0.258 e. The molecule has 0 aromatic heterocycles. The predicted octanol–water partition coefficient (Wildman–Crippen LogP) is 0.642. The molecule has 0 aliphatic carbocycles. The van der Waals surface area contributed by atoms with Crippen LogP contribution >= 0.6 is 11.8 Å². The highest BCUT2D eigenvalue weighted by Gasteiger charge is 2.25. The Bertz CT molecular complexity index is 282. The zero-order valence-electron chi connectivity index (χ0n) is 9.27. The highest BCUT2D eigenvalue weighted by molar-refractivity contribution is 8.14. The topological polar surface area (TPSA) is 35.9 Å². The van der Waals surface area contributed by atoms with Crippen molar-refractivity contribution in [3.63, 3.8) is 0 Å². The average molecular weight is 227 g/mol. The molecule has 2 heterocycles. The van der Waals surface area contributed by atoms with Gasteiger partial charge in [-0.3, -0.25) is 9.69 Å². The largest absolute Gasteiger partial charge is 0.349 e. The molecule has 1 fully saturated rings. The summed E-state index contributed by atoms with van der Waals surface area (Å²) in [5.74, 6) is 0.543. The van der Waals surface area contributed by atoms with E-state index in [0.29, 0.717) is 11.8 Å². The zero-order valence-corrected chi connectivity index (χ0v) is 10.1. The van der Waals surface area contributed by atoms with Gasteiger partial charge in [0.2, 0.25) is 0 Å². The first-order chi connectivity index (χ1) is 7.16. The molecule has 0 unspecified atom stereocenters. The summed E-state index contributed by atoms with van der Waals surface area (Å²) in [6, 6.07) is 0.618. The molecule has 2 aliphatic heterocycles. The highest BCUT2D eigenvalue weighted by Crippen LogP contribution is 2.18. The third-order valence-corrected chi connectivity index (χ3v) is 3.86. The molecule has 84 valence electrons. The van der Waals surface area contributed by atoms with E-state index in [4.69, 9.17) is 0 Å². The molecule has 0 atom stereocenters. The van der Waals surface area contributed by atoms with Gasteiger partial charge in [0.05, 0.1) is 5.75 Å². The first-order valence-electron chi connectivity index (χ1n) is 5.40. The average Bonchev–Trinajstić information content (AvgIpc) is 2.65. The Hall–Kier alpha value is -0.550. The number of hydrogen-bond donors (Lipinski definition) is 0. The second kappa shape index (κ2) is 4.53. The van der Waals surface area contributed by atoms with Gasteiger partial charge in [-0.2, -0.15) is 4.99 Å². The van der Waals surface area contributed by atoms with Crippen LogP contribution in [-0.2, 0) is 4.79 Å². The van der Waals surface area contributed by atoms with Crippen LogP contribution in [0.4, 0.5) is 0 Å². The minimum Gasteiger partial charge on any atom is -0.349 e. The van der Waals surface area contributed by atoms with Crippen molar-refractivity contribution in [2.45, 2.75) is 19.9 Å². The third-order valence-electron chi connectivity index (χ3n) is 2.86. The Kier molecular flexibility index (Phi) is 3.31. The van der Waals surface area contributed by atoms with Gasteiger partial charge in [0.25, 0.3) is 5.91 Å². The molecule has 1 saturated heterocycles. The van der Waals surface area contributed by atoms with E-state index in [0.717, 1.165) is 31.3 Å². The first-order valence-corrected chi connectivity index (χ1v) is 6.38. The van der Waals surface area contributed by atoms with Gasteiger partial charge in [-0.15, -0.1) is 0 Å². The Labute approximate surface area is 94.7 Å². The molecule has 0 bridgehead atoms. The number of piperazine rings is 1. The van der Waals surface area contributed by atoms with Gasteiger partial charge in [0.15, 0.2) is 5.17 Å². The molecule has 15 heavy (non-hydrogen) atoms. The normalized spacial score (nSPS) is 23.8. The predicted molar refractivity (Wildman–Crippen MR) is 63.2 cm³/mol. The van der Waals surface area contributed by atoms with Gasteiger partial charge in [0.1, 0.15) is 0 Å². The summed E-state index contributed by atoms with van der Waals surface area (Å²) < 4.78 is 0. The molecular weight excluding hydrogens is 210 g/mol. The van der Waals surface area contributed by atoms with Crippen LogP contribution in [0.15, 0.2) is 4.99 Å². The van der Waals surface area contributed by atoms with Crippen molar-refractivity contribution in [3.05, 3.63) is 0 Å². The van der Waals surface area contributed by atoms with Gasteiger partial charge < -0.3 is 4.90 Å². The fraction of sp³-hybridized carbons (Fsp3) is 0.800. The number of thioether (sulfide) groups is 1. The molecular formula is C10H17N3OS. The van der Waals surface area contributed by atoms with Crippen molar-refractivity contribution in [3.8, 4) is 0 Å². The number of nitrogens with zero attached hydrogens (tertiary/aromatic N) is 3. The van der Waals surface area contributed by atoms with E-state index < -0.39 is 0 Å². The number of amides is 1. The molecule has 2 aliphatic rings. The van der Waals surface area contributed by atoms with Crippen LogP contribution in [-0.4, -0.2) is 58.8 Å². The van der Waals surface area contributed by atoms with Crippen LogP contribution in [0, 0.1) is 0 Å². The second-order valence-corrected chi connectivity index (χ2v) is 5.14. The molecule has 4 nitrogen and oxygen atoms in total. The molecule has 2 rings (SSSR count). The van der Waals surface area contributed by atoms with Crippen LogP contribution < -0.4 is 0 Å². The maximum absolute atomic E-state index is 11.0. The SMILES string of the molecule is CC(C)N1CCN(C2=NC(=O)CS2)CC1. The summed E-state index contributed by atoms with van der Waals surface area (Å²) >= 11 is 1.57. The lowest BCUT2D eigenvalue weighted by Gasteiger charge is -2.37. The number of aliphatic imine (C=N–C) groups is 1. The van der Waals surface area contributed by atoms with E-state index in [9.17, 15) is 4.79 Å². The van der Waals surface area contributed by atoms with Crippen LogP contribution in [0.25, 0.3) is 0 Å². The van der Waals surface area contributed by atoms with Gasteiger partial charge in [-0.05, 0) is 13.8 Å². The van der Waals surface area contributed by atoms with Crippen molar-refractivity contribution in [2.24, 2.45) is 4.99 Å². The summed E-state index contributed by atoms with van der Waals surface area (Å²) in [5, 5.41) is 0.934. The first kappa shape index (κ1) is 11.0. The summed E-state index contributed by atoms with van der Waals surface area (Å²) in [7, 11) is 0. The molecule has 0 radical (unpaired) electrons. The lowest BCUT2D eigenvalue weighted by atomic mass is 10.2. The lowest BCUT2D eigenvalue weighted by Crippen LogP contribution is -2.49. The summed E-state index contributed by atoms with van der Waals surface area (Å²) in [4.78, 5) is 19.7. The van der Waals surface area contributed by atoms with E-state index in [1.54, 1.807) is 11.8 Å². The molecule has 0 saturated carbocycles. The minimum absolute atomic E-state index is 0.0151. The molecule has 5 heteroatoms. The van der Waals surface area contributed by atoms with Gasteiger partial charge >= 0.3 is 0 Å². The summed E-state index contributed by atoms with van der Waals surface area (Å²) in [5.41, 5.74) is 0. The second-order valence-electron chi connectivity index (χ2n) is 4.19. The Morgan fingerprint density at radius 2 is 1.93 bits per heavy atom. The lowest BCUT2D eigenvalue weighted by molar-refractivity contribution is -0.115. The van der Waals surface area contributed by atoms with Crippen molar-refractivity contribution < 1.29 is 4.79 Å². The van der Waals surface area contributed by atoms with E-state index in [1.807, 2.05) is 0 Å². The number of rotatable bonds is 1. The number of hydrogen-bond acceptors (Lipinski definition) is 4. The summed E-state index contributed by atoms with van der Waals surface area (Å²) in [6.07, 6.45) is 0. The number of amidine groups is 1. The van der Waals surface area contributed by atoms with E-state index in [2.05, 4.69) is 28.6 Å². The summed E-state index contributed by atoms with van der Waals surface area (Å²) in [6.45, 7) is 8.59. The van der Waals surface area contributed by atoms with Crippen molar-refractivity contribution in [1.29, 1.82) is 0 Å². The van der Waals surface area contributed by atoms with Crippen LogP contribution in [0.1, 0.15) is 13.8 Å². The van der Waals surface area contributed by atoms with Gasteiger partial charge in [-0.1, -0.05) is 11.8 Å². The highest BCUT2D eigenvalue weighted by atomic mass is 32.2. The van der Waals surface area contributed by atoms with Crippen LogP contribution in [0.3, 0.4) is 0 Å². The van der Waals surface area contributed by atoms with Crippen LogP contribution in [0.5, 0.6) is 0 Å². The molecule has 0 spiro atoms. The monoisotopic (exact) mass is 227 g/mol. The van der Waals surface area contributed by atoms with E-state index in [1.165, 1.54) is 0 Å². The maximum atomic E-state index is 11.0. The molecule has 0 aromatic rings. The van der Waals surface area contributed by atoms with Crippen molar-refractivity contribution in [1.82, 2.24) is 9.80 Å². The van der Waals surface area contributed by atoms with Gasteiger partial charge in [0, 0.05) is 32.2 Å². The van der Waals surface area contributed by atoms with Crippen LogP contribution in [0.2, 0.25) is 0 Å². The fourth-order valence-corrected chi connectivity index (χ4v) is 2.74.